The van der Waals surface area contributed by atoms with E-state index < -0.39 is 0 Å². The number of halogens is 1. The predicted octanol–water partition coefficient (Wildman–Crippen LogP) is 4.93. The van der Waals surface area contributed by atoms with Gasteiger partial charge in [0.15, 0.2) is 5.69 Å². The summed E-state index contributed by atoms with van der Waals surface area (Å²) >= 11 is 7.47. The van der Waals surface area contributed by atoms with Gasteiger partial charge in [0.2, 0.25) is 0 Å². The molecule has 0 aliphatic rings. The Balaban J connectivity index is 1.85. The molecule has 4 aromatic rings. The molecule has 150 valence electrons. The van der Waals surface area contributed by atoms with E-state index >= 15 is 0 Å². The highest BCUT2D eigenvalue weighted by molar-refractivity contribution is 7.16. The van der Waals surface area contributed by atoms with Crippen LogP contribution < -0.4 is 5.56 Å². The second-order valence-corrected chi connectivity index (χ2v) is 8.43. The average Bonchev–Trinajstić information content (AvgIpc) is 3.19. The molecular formula is C23H18ClN3O2S. The normalized spacial score (nSPS) is 10.8. The van der Waals surface area contributed by atoms with E-state index in [2.05, 4.69) is 11.7 Å². The van der Waals surface area contributed by atoms with Crippen molar-refractivity contribution in [3.63, 3.8) is 0 Å². The van der Waals surface area contributed by atoms with Gasteiger partial charge in [0, 0.05) is 16.8 Å². The van der Waals surface area contributed by atoms with E-state index in [0.717, 1.165) is 4.88 Å². The third-order valence-corrected chi connectivity index (χ3v) is 5.84. The van der Waals surface area contributed by atoms with E-state index in [0.29, 0.717) is 33.9 Å². The van der Waals surface area contributed by atoms with Crippen molar-refractivity contribution in [2.24, 2.45) is 0 Å². The van der Waals surface area contributed by atoms with Crippen molar-refractivity contribution in [3.05, 3.63) is 105 Å². The molecule has 4 rings (SSSR count). The summed E-state index contributed by atoms with van der Waals surface area (Å²) in [5, 5.41) is 5.44. The van der Waals surface area contributed by atoms with Gasteiger partial charge in [-0.05, 0) is 30.3 Å². The fourth-order valence-electron chi connectivity index (χ4n) is 3.24. The standard InChI is InChI=1S/C23H18ClN3O2S/c1-2-14-26(15-17-12-13-20(24)30-17)23(29)21-18-10-6-7-11-19(18)22(28)27(25-21)16-8-4-3-5-9-16/h2-13H,1,14-15H2. The number of fused-ring (bicyclic) bond motifs is 1. The summed E-state index contributed by atoms with van der Waals surface area (Å²) in [4.78, 5) is 29.2. The lowest BCUT2D eigenvalue weighted by molar-refractivity contribution is 0.0758. The highest BCUT2D eigenvalue weighted by atomic mass is 35.5. The zero-order valence-corrected chi connectivity index (χ0v) is 17.6. The highest BCUT2D eigenvalue weighted by Gasteiger charge is 2.22. The maximum atomic E-state index is 13.5. The largest absolute Gasteiger partial charge is 0.328 e. The van der Waals surface area contributed by atoms with E-state index in [-0.39, 0.29) is 17.2 Å². The number of amides is 1. The summed E-state index contributed by atoms with van der Waals surface area (Å²) in [5.41, 5.74) is 0.551. The molecule has 0 unspecified atom stereocenters. The molecule has 0 atom stereocenters. The Morgan fingerprint density at radius 1 is 1.07 bits per heavy atom. The lowest BCUT2D eigenvalue weighted by atomic mass is 10.1. The Bertz CT molecular complexity index is 1280. The number of carbonyl (C=O) groups excluding carboxylic acids is 1. The van der Waals surface area contributed by atoms with E-state index in [9.17, 15) is 9.59 Å². The van der Waals surface area contributed by atoms with Gasteiger partial charge in [0.1, 0.15) is 0 Å². The topological polar surface area (TPSA) is 55.2 Å². The Hall–Kier alpha value is -3.22. The third kappa shape index (κ3) is 3.92. The van der Waals surface area contributed by atoms with E-state index in [1.54, 1.807) is 53.4 Å². The van der Waals surface area contributed by atoms with Crippen molar-refractivity contribution < 1.29 is 4.79 Å². The third-order valence-electron chi connectivity index (χ3n) is 4.62. The second-order valence-electron chi connectivity index (χ2n) is 6.63. The number of nitrogens with zero attached hydrogens (tertiary/aromatic N) is 3. The van der Waals surface area contributed by atoms with Crippen LogP contribution >= 0.6 is 22.9 Å². The Labute approximate surface area is 182 Å². The zero-order chi connectivity index (χ0) is 21.1. The minimum absolute atomic E-state index is 0.221. The molecule has 0 saturated heterocycles. The molecule has 0 spiro atoms. The molecule has 2 aromatic carbocycles. The minimum atomic E-state index is -0.277. The molecule has 2 aromatic heterocycles. The quantitative estimate of drug-likeness (QED) is 0.403. The maximum Gasteiger partial charge on any atom is 0.279 e. The summed E-state index contributed by atoms with van der Waals surface area (Å²) in [5.74, 6) is -0.277. The number of para-hydroxylation sites is 1. The molecule has 0 aliphatic carbocycles. The molecule has 0 N–H and O–H groups in total. The molecule has 5 nitrogen and oxygen atoms in total. The van der Waals surface area contributed by atoms with Crippen LogP contribution in [0.25, 0.3) is 16.5 Å². The highest BCUT2D eigenvalue weighted by Crippen LogP contribution is 2.24. The van der Waals surface area contributed by atoms with Crippen LogP contribution in [-0.4, -0.2) is 27.1 Å². The Morgan fingerprint density at radius 2 is 1.77 bits per heavy atom. The predicted molar refractivity (Wildman–Crippen MR) is 122 cm³/mol. The van der Waals surface area contributed by atoms with Gasteiger partial charge in [0.05, 0.1) is 22.0 Å². The second kappa shape index (κ2) is 8.65. The fourth-order valence-corrected chi connectivity index (χ4v) is 4.34. The molecule has 0 aliphatic heterocycles. The van der Waals surface area contributed by atoms with Gasteiger partial charge in [-0.2, -0.15) is 9.78 Å². The summed E-state index contributed by atoms with van der Waals surface area (Å²) in [7, 11) is 0. The van der Waals surface area contributed by atoms with Crippen LogP contribution in [0, 0.1) is 0 Å². The van der Waals surface area contributed by atoms with Crippen LogP contribution in [-0.2, 0) is 6.54 Å². The number of aromatic nitrogens is 2. The van der Waals surface area contributed by atoms with Gasteiger partial charge in [-0.25, -0.2) is 0 Å². The number of carbonyl (C=O) groups is 1. The molecule has 0 radical (unpaired) electrons. The Morgan fingerprint density at radius 3 is 2.43 bits per heavy atom. The summed E-state index contributed by atoms with van der Waals surface area (Å²) < 4.78 is 1.95. The lowest BCUT2D eigenvalue weighted by Gasteiger charge is -2.21. The van der Waals surface area contributed by atoms with Crippen molar-refractivity contribution in [2.75, 3.05) is 6.54 Å². The van der Waals surface area contributed by atoms with E-state index in [1.807, 2.05) is 24.3 Å². The molecule has 30 heavy (non-hydrogen) atoms. The monoisotopic (exact) mass is 435 g/mol. The first-order chi connectivity index (χ1) is 14.6. The van der Waals surface area contributed by atoms with Gasteiger partial charge >= 0.3 is 0 Å². The molecule has 0 saturated carbocycles. The number of rotatable bonds is 6. The molecule has 0 bridgehead atoms. The fraction of sp³-hybridized carbons (Fsp3) is 0.0870. The minimum Gasteiger partial charge on any atom is -0.328 e. The van der Waals surface area contributed by atoms with Gasteiger partial charge < -0.3 is 4.90 Å². The van der Waals surface area contributed by atoms with Gasteiger partial charge in [-0.15, -0.1) is 17.9 Å². The van der Waals surface area contributed by atoms with Crippen molar-refractivity contribution in [1.82, 2.24) is 14.7 Å². The number of thiophene rings is 1. The van der Waals surface area contributed by atoms with Crippen LogP contribution in [0.2, 0.25) is 4.34 Å². The first kappa shape index (κ1) is 20.1. The van der Waals surface area contributed by atoms with E-state index in [1.165, 1.54) is 16.0 Å². The van der Waals surface area contributed by atoms with Crippen LogP contribution in [0.1, 0.15) is 15.4 Å². The van der Waals surface area contributed by atoms with Gasteiger partial charge in [-0.1, -0.05) is 54.1 Å². The van der Waals surface area contributed by atoms with Crippen molar-refractivity contribution in [3.8, 4) is 5.69 Å². The SMILES string of the molecule is C=CCN(Cc1ccc(Cl)s1)C(=O)c1nn(-c2ccccc2)c(=O)c2ccccc12. The smallest absolute Gasteiger partial charge is 0.279 e. The van der Waals surface area contributed by atoms with Crippen molar-refractivity contribution in [2.45, 2.75) is 6.54 Å². The number of benzene rings is 2. The van der Waals surface area contributed by atoms with Crippen LogP contribution in [0.5, 0.6) is 0 Å². The summed E-state index contributed by atoms with van der Waals surface area (Å²) in [6, 6.07) is 19.8. The number of hydrogen-bond acceptors (Lipinski definition) is 4. The van der Waals surface area contributed by atoms with E-state index in [4.69, 9.17) is 11.6 Å². The summed E-state index contributed by atoms with van der Waals surface area (Å²) in [6.45, 7) is 4.49. The molecule has 7 heteroatoms. The molecule has 2 heterocycles. The number of hydrogen-bond donors (Lipinski definition) is 0. The lowest BCUT2D eigenvalue weighted by Crippen LogP contribution is -2.34. The molecular weight excluding hydrogens is 418 g/mol. The summed E-state index contributed by atoms with van der Waals surface area (Å²) in [6.07, 6.45) is 1.67. The van der Waals surface area contributed by atoms with Crippen LogP contribution in [0.15, 0.2) is 84.2 Å². The van der Waals surface area contributed by atoms with Crippen molar-refractivity contribution >= 4 is 39.6 Å². The van der Waals surface area contributed by atoms with Crippen molar-refractivity contribution in [1.29, 1.82) is 0 Å². The molecule has 1 amide bonds. The first-order valence-electron chi connectivity index (χ1n) is 9.30. The van der Waals surface area contributed by atoms with Crippen LogP contribution in [0.3, 0.4) is 0 Å². The first-order valence-corrected chi connectivity index (χ1v) is 10.5. The zero-order valence-electron chi connectivity index (χ0n) is 16.0. The van der Waals surface area contributed by atoms with Gasteiger partial charge in [0.25, 0.3) is 11.5 Å². The maximum absolute atomic E-state index is 13.5. The Kier molecular flexibility index (Phi) is 5.79. The van der Waals surface area contributed by atoms with Gasteiger partial charge in [-0.3, -0.25) is 9.59 Å². The van der Waals surface area contributed by atoms with Crippen LogP contribution in [0.4, 0.5) is 0 Å². The average molecular weight is 436 g/mol. The molecule has 0 fully saturated rings.